The molecule has 1 N–H and O–H groups in total. The third-order valence-corrected chi connectivity index (χ3v) is 5.05. The Balaban J connectivity index is 1.90. The number of methoxy groups -OCH3 is 2. The molecule has 20 heavy (non-hydrogen) atoms. The topological polar surface area (TPSA) is 30.5 Å². The number of hydrogen-bond acceptors (Lipinski definition) is 3. The fourth-order valence-electron chi connectivity index (χ4n) is 4.13. The molecule has 110 valence electrons. The van der Waals surface area contributed by atoms with E-state index in [4.69, 9.17) is 9.47 Å². The highest BCUT2D eigenvalue weighted by molar-refractivity contribution is 5.43. The maximum Gasteiger partial charge on any atom is 0.123 e. The molecule has 0 saturated heterocycles. The van der Waals surface area contributed by atoms with Crippen molar-refractivity contribution in [1.82, 2.24) is 5.32 Å². The maximum atomic E-state index is 5.58. The molecule has 0 aliphatic heterocycles. The van der Waals surface area contributed by atoms with Crippen LogP contribution < -0.4 is 14.8 Å². The molecule has 0 aromatic heterocycles. The quantitative estimate of drug-likeness (QED) is 0.863. The van der Waals surface area contributed by atoms with Gasteiger partial charge in [-0.3, -0.25) is 0 Å². The Labute approximate surface area is 121 Å². The molecule has 0 radical (unpaired) electrons. The van der Waals surface area contributed by atoms with Gasteiger partial charge in [-0.05, 0) is 55.3 Å². The zero-order valence-corrected chi connectivity index (χ0v) is 12.7. The number of ether oxygens (including phenoxy) is 2. The average molecular weight is 275 g/mol. The second-order valence-corrected chi connectivity index (χ2v) is 5.98. The molecule has 1 aromatic rings. The summed E-state index contributed by atoms with van der Waals surface area (Å²) in [6, 6.07) is 6.54. The minimum atomic E-state index is 0.403. The first-order chi connectivity index (χ1) is 9.80. The number of rotatable bonds is 6. The molecule has 2 saturated carbocycles. The predicted molar refractivity (Wildman–Crippen MR) is 80.3 cm³/mol. The second kappa shape index (κ2) is 5.65. The zero-order chi connectivity index (χ0) is 14.1. The molecule has 3 heteroatoms. The van der Waals surface area contributed by atoms with Gasteiger partial charge in [-0.1, -0.05) is 13.3 Å². The van der Waals surface area contributed by atoms with Gasteiger partial charge in [0.2, 0.25) is 0 Å². The lowest BCUT2D eigenvalue weighted by Gasteiger charge is -2.23. The van der Waals surface area contributed by atoms with Gasteiger partial charge in [-0.25, -0.2) is 0 Å². The van der Waals surface area contributed by atoms with Crippen molar-refractivity contribution >= 4 is 0 Å². The first kappa shape index (κ1) is 13.7. The van der Waals surface area contributed by atoms with Gasteiger partial charge >= 0.3 is 0 Å². The second-order valence-electron chi connectivity index (χ2n) is 5.98. The molecule has 0 amide bonds. The lowest BCUT2D eigenvalue weighted by molar-refractivity contribution is 0.371. The molecule has 2 fully saturated rings. The van der Waals surface area contributed by atoms with E-state index < -0.39 is 0 Å². The van der Waals surface area contributed by atoms with Gasteiger partial charge in [-0.2, -0.15) is 0 Å². The smallest absolute Gasteiger partial charge is 0.123 e. The van der Waals surface area contributed by atoms with E-state index in [1.807, 2.05) is 12.1 Å². The van der Waals surface area contributed by atoms with Crippen molar-refractivity contribution < 1.29 is 9.47 Å². The summed E-state index contributed by atoms with van der Waals surface area (Å²) >= 11 is 0. The van der Waals surface area contributed by atoms with Crippen LogP contribution in [0, 0.1) is 17.8 Å². The monoisotopic (exact) mass is 275 g/mol. The Morgan fingerprint density at radius 2 is 1.95 bits per heavy atom. The minimum Gasteiger partial charge on any atom is -0.497 e. The molecule has 0 heterocycles. The average Bonchev–Trinajstić information content (AvgIpc) is 2.94. The van der Waals surface area contributed by atoms with Crippen LogP contribution in [0.5, 0.6) is 11.5 Å². The van der Waals surface area contributed by atoms with E-state index in [1.54, 1.807) is 14.2 Å². The molecule has 1 aromatic carbocycles. The predicted octanol–water partition coefficient (Wildman–Crippen LogP) is 3.40. The van der Waals surface area contributed by atoms with Gasteiger partial charge in [0.05, 0.1) is 14.2 Å². The first-order valence-electron chi connectivity index (χ1n) is 7.75. The zero-order valence-electron chi connectivity index (χ0n) is 12.7. The molecule has 0 spiro atoms. The van der Waals surface area contributed by atoms with Crippen LogP contribution in [0.3, 0.4) is 0 Å². The molecule has 2 aliphatic carbocycles. The molecule has 3 rings (SSSR count). The van der Waals surface area contributed by atoms with E-state index in [0.717, 1.165) is 35.8 Å². The molecule has 3 unspecified atom stereocenters. The normalized spacial score (nSPS) is 28.9. The van der Waals surface area contributed by atoms with Crippen LogP contribution in [-0.4, -0.2) is 20.8 Å². The van der Waals surface area contributed by atoms with Crippen LogP contribution in [0.1, 0.15) is 37.8 Å². The SMILES string of the molecule is CCNC(c1cc(OC)ccc1OC)C1C2CCCC21. The van der Waals surface area contributed by atoms with E-state index in [2.05, 4.69) is 18.3 Å². The molecule has 3 nitrogen and oxygen atoms in total. The van der Waals surface area contributed by atoms with Gasteiger partial charge in [0.15, 0.2) is 0 Å². The van der Waals surface area contributed by atoms with E-state index in [9.17, 15) is 0 Å². The Hall–Kier alpha value is -1.22. The third-order valence-electron chi connectivity index (χ3n) is 5.05. The summed E-state index contributed by atoms with van der Waals surface area (Å²) in [7, 11) is 3.47. The number of nitrogens with one attached hydrogen (secondary N) is 1. The highest BCUT2D eigenvalue weighted by atomic mass is 16.5. The highest BCUT2D eigenvalue weighted by Gasteiger charge is 2.56. The van der Waals surface area contributed by atoms with Gasteiger partial charge < -0.3 is 14.8 Å². The molecule has 2 aliphatic rings. The maximum absolute atomic E-state index is 5.58. The summed E-state index contributed by atoms with van der Waals surface area (Å²) in [6.07, 6.45) is 4.23. The van der Waals surface area contributed by atoms with Gasteiger partial charge in [0.1, 0.15) is 11.5 Å². The Morgan fingerprint density at radius 1 is 1.20 bits per heavy atom. The van der Waals surface area contributed by atoms with Crippen LogP contribution in [-0.2, 0) is 0 Å². The van der Waals surface area contributed by atoms with Crippen LogP contribution in [0.4, 0.5) is 0 Å². The van der Waals surface area contributed by atoms with Crippen LogP contribution >= 0.6 is 0 Å². The molecular weight excluding hydrogens is 250 g/mol. The van der Waals surface area contributed by atoms with Crippen LogP contribution in [0.2, 0.25) is 0 Å². The van der Waals surface area contributed by atoms with Crippen molar-refractivity contribution in [3.05, 3.63) is 23.8 Å². The number of benzene rings is 1. The summed E-state index contributed by atoms with van der Waals surface area (Å²) in [4.78, 5) is 0. The molecule has 3 atom stereocenters. The van der Waals surface area contributed by atoms with Crippen molar-refractivity contribution in [3.63, 3.8) is 0 Å². The van der Waals surface area contributed by atoms with E-state index >= 15 is 0 Å². The fourth-order valence-corrected chi connectivity index (χ4v) is 4.13. The Bertz CT molecular complexity index is 464. The first-order valence-corrected chi connectivity index (χ1v) is 7.75. The van der Waals surface area contributed by atoms with Crippen LogP contribution in [0.25, 0.3) is 0 Å². The summed E-state index contributed by atoms with van der Waals surface area (Å²) < 4.78 is 11.0. The van der Waals surface area contributed by atoms with E-state index in [0.29, 0.717) is 6.04 Å². The molecule has 0 bridgehead atoms. The fraction of sp³-hybridized carbons (Fsp3) is 0.647. The largest absolute Gasteiger partial charge is 0.497 e. The number of fused-ring (bicyclic) bond motifs is 1. The van der Waals surface area contributed by atoms with Crippen LogP contribution in [0.15, 0.2) is 18.2 Å². The summed E-state index contributed by atoms with van der Waals surface area (Å²) in [5.41, 5.74) is 1.26. The summed E-state index contributed by atoms with van der Waals surface area (Å²) in [6.45, 7) is 3.17. The third kappa shape index (κ3) is 2.28. The lowest BCUT2D eigenvalue weighted by atomic mass is 9.95. The molecular formula is C17H25NO2. The standard InChI is InChI=1S/C17H25NO2/c1-4-18-17(16-12-6-5-7-13(12)16)14-10-11(19-2)8-9-15(14)20-3/h8-10,12-13,16-18H,4-7H2,1-3H3. The summed E-state index contributed by atoms with van der Waals surface area (Å²) in [5.74, 6) is 4.52. The summed E-state index contributed by atoms with van der Waals surface area (Å²) in [5, 5.41) is 3.68. The van der Waals surface area contributed by atoms with Crippen molar-refractivity contribution in [3.8, 4) is 11.5 Å². The minimum absolute atomic E-state index is 0.403. The van der Waals surface area contributed by atoms with Crippen molar-refractivity contribution in [2.75, 3.05) is 20.8 Å². The van der Waals surface area contributed by atoms with Crippen molar-refractivity contribution in [1.29, 1.82) is 0 Å². The van der Waals surface area contributed by atoms with Gasteiger partial charge in [0, 0.05) is 11.6 Å². The van der Waals surface area contributed by atoms with Crippen molar-refractivity contribution in [2.24, 2.45) is 17.8 Å². The highest BCUT2D eigenvalue weighted by Crippen LogP contribution is 2.62. The van der Waals surface area contributed by atoms with Crippen molar-refractivity contribution in [2.45, 2.75) is 32.2 Å². The Kier molecular flexibility index (Phi) is 3.88. The Morgan fingerprint density at radius 3 is 2.55 bits per heavy atom. The van der Waals surface area contributed by atoms with Gasteiger partial charge in [0.25, 0.3) is 0 Å². The van der Waals surface area contributed by atoms with Gasteiger partial charge in [-0.15, -0.1) is 0 Å². The lowest BCUT2D eigenvalue weighted by Crippen LogP contribution is -2.25. The number of hydrogen-bond donors (Lipinski definition) is 1. The van der Waals surface area contributed by atoms with E-state index in [1.165, 1.54) is 24.8 Å². The van der Waals surface area contributed by atoms with E-state index in [-0.39, 0.29) is 0 Å².